The molecule has 2 aromatic heterocycles. The van der Waals surface area contributed by atoms with Crippen LogP contribution < -0.4 is 5.32 Å². The first-order valence-corrected chi connectivity index (χ1v) is 12.0. The lowest BCUT2D eigenvalue weighted by Crippen LogP contribution is -2.40. The Morgan fingerprint density at radius 3 is 2.79 bits per heavy atom. The fourth-order valence-corrected chi connectivity index (χ4v) is 4.88. The lowest BCUT2D eigenvalue weighted by atomic mass is 9.90. The van der Waals surface area contributed by atoms with E-state index in [2.05, 4.69) is 46.5 Å². The van der Waals surface area contributed by atoms with E-state index in [1.54, 1.807) is 6.20 Å². The van der Waals surface area contributed by atoms with Crippen molar-refractivity contribution in [2.24, 2.45) is 5.92 Å². The second-order valence-corrected chi connectivity index (χ2v) is 9.16. The molecule has 1 saturated heterocycles. The number of para-hydroxylation sites is 1. The highest BCUT2D eigenvalue weighted by molar-refractivity contribution is 5.95. The highest BCUT2D eigenvalue weighted by Crippen LogP contribution is 2.26. The Morgan fingerprint density at radius 2 is 1.91 bits per heavy atom. The second kappa shape index (κ2) is 10.0. The quantitative estimate of drug-likeness (QED) is 0.413. The van der Waals surface area contributed by atoms with Crippen molar-refractivity contribution in [1.82, 2.24) is 14.9 Å². The monoisotopic (exact) mass is 450 g/mol. The van der Waals surface area contributed by atoms with Crippen molar-refractivity contribution in [3.63, 3.8) is 0 Å². The molecule has 3 heterocycles. The second-order valence-electron chi connectivity index (χ2n) is 9.16. The van der Waals surface area contributed by atoms with E-state index in [9.17, 15) is 4.79 Å². The van der Waals surface area contributed by atoms with E-state index in [0.29, 0.717) is 12.5 Å². The van der Waals surface area contributed by atoms with Crippen molar-refractivity contribution in [2.45, 2.75) is 32.7 Å². The van der Waals surface area contributed by atoms with Crippen LogP contribution in [0.2, 0.25) is 0 Å². The largest absolute Gasteiger partial charge is 0.379 e. The molecule has 34 heavy (non-hydrogen) atoms. The smallest absolute Gasteiger partial charge is 0.253 e. The summed E-state index contributed by atoms with van der Waals surface area (Å²) in [5, 5.41) is 4.62. The number of carbonyl (C=O) groups is 1. The number of rotatable bonds is 6. The van der Waals surface area contributed by atoms with Crippen LogP contribution in [0, 0.1) is 12.8 Å². The van der Waals surface area contributed by atoms with Crippen molar-refractivity contribution in [2.75, 3.05) is 18.4 Å². The number of fused-ring (bicyclic) bond motifs is 1. The highest BCUT2D eigenvalue weighted by atomic mass is 16.2. The predicted octanol–water partition coefficient (Wildman–Crippen LogP) is 5.65. The Hall–Kier alpha value is -3.73. The van der Waals surface area contributed by atoms with Gasteiger partial charge in [-0.1, -0.05) is 36.4 Å². The molecule has 172 valence electrons. The maximum atomic E-state index is 13.4. The molecule has 0 saturated carbocycles. The van der Waals surface area contributed by atoms with Gasteiger partial charge in [-0.05, 0) is 73.6 Å². The van der Waals surface area contributed by atoms with Crippen molar-refractivity contribution in [1.29, 1.82) is 0 Å². The number of benzene rings is 2. The van der Waals surface area contributed by atoms with Gasteiger partial charge in [0, 0.05) is 42.1 Å². The molecule has 0 unspecified atom stereocenters. The number of nitrogens with one attached hydrogen (secondary N) is 1. The van der Waals surface area contributed by atoms with Crippen LogP contribution in [0.4, 0.5) is 5.69 Å². The van der Waals surface area contributed by atoms with E-state index < -0.39 is 0 Å². The molecule has 4 aromatic rings. The van der Waals surface area contributed by atoms with Crippen LogP contribution in [0.3, 0.4) is 0 Å². The Morgan fingerprint density at radius 1 is 1.03 bits per heavy atom. The summed E-state index contributed by atoms with van der Waals surface area (Å²) in [5.41, 5.74) is 6.16. The van der Waals surface area contributed by atoms with Gasteiger partial charge < -0.3 is 10.2 Å². The summed E-state index contributed by atoms with van der Waals surface area (Å²) in [5.74, 6) is 0.555. The van der Waals surface area contributed by atoms with Crippen LogP contribution >= 0.6 is 0 Å². The van der Waals surface area contributed by atoms with E-state index in [1.807, 2.05) is 53.6 Å². The minimum Gasteiger partial charge on any atom is -0.379 e. The normalized spacial score (nSPS) is 15.9. The van der Waals surface area contributed by atoms with Gasteiger partial charge in [0.2, 0.25) is 0 Å². The number of likely N-dealkylation sites (tertiary alicyclic amines) is 1. The molecule has 5 nitrogen and oxygen atoms in total. The molecule has 1 N–H and O–H groups in total. The van der Waals surface area contributed by atoms with Crippen molar-refractivity contribution < 1.29 is 4.79 Å². The molecule has 0 spiro atoms. The standard InChI is InChI=1S/C29H30N4O/c1-21-12-13-25(18-27(21)32-19-26-11-2-3-14-30-26)29(34)33-16-6-7-22(20-33)17-24-9-4-8-23-10-5-15-31-28(23)24/h2-5,8-15,18,22,32H,6-7,16-17,19-20H2,1H3/t22-/m1/s1. The maximum absolute atomic E-state index is 13.4. The lowest BCUT2D eigenvalue weighted by Gasteiger charge is -2.33. The summed E-state index contributed by atoms with van der Waals surface area (Å²) in [6, 6.07) is 22.3. The first-order chi connectivity index (χ1) is 16.7. The third-order valence-electron chi connectivity index (χ3n) is 6.70. The van der Waals surface area contributed by atoms with Gasteiger partial charge in [-0.3, -0.25) is 14.8 Å². The zero-order chi connectivity index (χ0) is 23.3. The van der Waals surface area contributed by atoms with Gasteiger partial charge in [0.15, 0.2) is 0 Å². The minimum atomic E-state index is 0.113. The number of hydrogen-bond donors (Lipinski definition) is 1. The molecule has 1 aliphatic rings. The van der Waals surface area contributed by atoms with E-state index in [1.165, 1.54) is 10.9 Å². The number of pyridine rings is 2. The molecule has 5 rings (SSSR count). The number of carbonyl (C=O) groups excluding carboxylic acids is 1. The molecular weight excluding hydrogens is 420 g/mol. The molecule has 2 aromatic carbocycles. The average molecular weight is 451 g/mol. The molecule has 5 heteroatoms. The third kappa shape index (κ3) is 4.93. The minimum absolute atomic E-state index is 0.113. The molecule has 0 bridgehead atoms. The molecule has 1 aliphatic heterocycles. The van der Waals surface area contributed by atoms with Gasteiger partial charge in [0.1, 0.15) is 0 Å². The number of piperidine rings is 1. The van der Waals surface area contributed by atoms with Gasteiger partial charge in [-0.25, -0.2) is 0 Å². The topological polar surface area (TPSA) is 58.1 Å². The predicted molar refractivity (Wildman–Crippen MR) is 137 cm³/mol. The summed E-state index contributed by atoms with van der Waals surface area (Å²) in [6.45, 7) is 4.29. The number of aromatic nitrogens is 2. The van der Waals surface area contributed by atoms with Crippen LogP contribution in [0.15, 0.2) is 79.1 Å². The van der Waals surface area contributed by atoms with Crippen molar-refractivity contribution in [3.8, 4) is 0 Å². The van der Waals surface area contributed by atoms with E-state index in [0.717, 1.165) is 60.4 Å². The molecule has 1 amide bonds. The van der Waals surface area contributed by atoms with E-state index >= 15 is 0 Å². The van der Waals surface area contributed by atoms with Crippen LogP contribution in [0.5, 0.6) is 0 Å². The van der Waals surface area contributed by atoms with Crippen LogP contribution in [0.1, 0.15) is 40.0 Å². The number of nitrogens with zero attached hydrogens (tertiary/aromatic N) is 3. The van der Waals surface area contributed by atoms with E-state index in [4.69, 9.17) is 0 Å². The van der Waals surface area contributed by atoms with Gasteiger partial charge in [0.05, 0.1) is 17.8 Å². The van der Waals surface area contributed by atoms with Gasteiger partial charge in [-0.15, -0.1) is 0 Å². The van der Waals surface area contributed by atoms with Crippen LogP contribution in [-0.2, 0) is 13.0 Å². The van der Waals surface area contributed by atoms with Crippen molar-refractivity contribution in [3.05, 3.63) is 102 Å². The van der Waals surface area contributed by atoms with Crippen molar-refractivity contribution >= 4 is 22.5 Å². The molecule has 0 aliphatic carbocycles. The Bertz CT molecular complexity index is 1280. The van der Waals surface area contributed by atoms with Crippen LogP contribution in [0.25, 0.3) is 10.9 Å². The highest BCUT2D eigenvalue weighted by Gasteiger charge is 2.25. The SMILES string of the molecule is Cc1ccc(C(=O)N2CCC[C@H](Cc3cccc4cccnc34)C2)cc1NCc1ccccn1. The first kappa shape index (κ1) is 22.1. The summed E-state index contributed by atoms with van der Waals surface area (Å²) >= 11 is 0. The zero-order valence-electron chi connectivity index (χ0n) is 19.6. The Balaban J connectivity index is 1.28. The fourth-order valence-electron chi connectivity index (χ4n) is 4.88. The van der Waals surface area contributed by atoms with E-state index in [-0.39, 0.29) is 5.91 Å². The van der Waals surface area contributed by atoms with Gasteiger partial charge >= 0.3 is 0 Å². The third-order valence-corrected chi connectivity index (χ3v) is 6.70. The van der Waals surface area contributed by atoms with Crippen LogP contribution in [-0.4, -0.2) is 33.9 Å². The Labute approximate surface area is 200 Å². The average Bonchev–Trinajstić information content (AvgIpc) is 2.89. The molecule has 1 fully saturated rings. The summed E-state index contributed by atoms with van der Waals surface area (Å²) in [7, 11) is 0. The summed E-state index contributed by atoms with van der Waals surface area (Å²) < 4.78 is 0. The molecule has 0 radical (unpaired) electrons. The summed E-state index contributed by atoms with van der Waals surface area (Å²) in [6.07, 6.45) is 6.77. The Kier molecular flexibility index (Phi) is 6.52. The number of aryl methyl sites for hydroxylation is 1. The molecular formula is C29H30N4O. The summed E-state index contributed by atoms with van der Waals surface area (Å²) in [4.78, 5) is 24.4. The maximum Gasteiger partial charge on any atom is 0.253 e. The fraction of sp³-hybridized carbons (Fsp3) is 0.276. The number of anilines is 1. The number of hydrogen-bond acceptors (Lipinski definition) is 4. The number of amides is 1. The zero-order valence-corrected chi connectivity index (χ0v) is 19.6. The van der Waals surface area contributed by atoms with Gasteiger partial charge in [0.25, 0.3) is 5.91 Å². The van der Waals surface area contributed by atoms with Gasteiger partial charge in [-0.2, -0.15) is 0 Å². The molecule has 1 atom stereocenters. The first-order valence-electron chi connectivity index (χ1n) is 12.0. The lowest BCUT2D eigenvalue weighted by molar-refractivity contribution is 0.0673.